The first-order chi connectivity index (χ1) is 9.41. The average Bonchev–Trinajstić information content (AvgIpc) is 2.38. The van der Waals surface area contributed by atoms with Crippen molar-refractivity contribution in [1.82, 2.24) is 0 Å². The van der Waals surface area contributed by atoms with E-state index in [2.05, 4.69) is 5.32 Å². The summed E-state index contributed by atoms with van der Waals surface area (Å²) in [6, 6.07) is 6.22. The quantitative estimate of drug-likeness (QED) is 0.930. The third kappa shape index (κ3) is 3.28. The summed E-state index contributed by atoms with van der Waals surface area (Å²) in [5.41, 5.74) is 0.417. The van der Waals surface area contributed by atoms with E-state index >= 15 is 0 Å². The second-order valence-corrected chi connectivity index (χ2v) is 7.56. The molecule has 0 radical (unpaired) electrons. The van der Waals surface area contributed by atoms with Crippen LogP contribution < -0.4 is 5.32 Å². The Morgan fingerprint density at radius 1 is 1.40 bits per heavy atom. The minimum atomic E-state index is -3.05. The Labute approximate surface area is 118 Å². The normalized spacial score (nSPS) is 23.1. The highest BCUT2D eigenvalue weighted by molar-refractivity contribution is 7.91. The van der Waals surface area contributed by atoms with Crippen molar-refractivity contribution in [2.24, 2.45) is 0 Å². The number of sulfone groups is 1. The maximum absolute atomic E-state index is 13.5. The van der Waals surface area contributed by atoms with E-state index < -0.39 is 15.7 Å². The molecule has 4 nitrogen and oxygen atoms in total. The van der Waals surface area contributed by atoms with E-state index in [1.807, 2.05) is 6.07 Å². The number of benzene rings is 1. The number of anilines is 1. The van der Waals surface area contributed by atoms with Gasteiger partial charge in [-0.1, -0.05) is 12.5 Å². The fraction of sp³-hybridized carbons (Fsp3) is 0.500. The van der Waals surface area contributed by atoms with Crippen molar-refractivity contribution >= 4 is 15.5 Å². The van der Waals surface area contributed by atoms with Crippen LogP contribution in [-0.2, 0) is 9.84 Å². The monoisotopic (exact) mass is 296 g/mol. The molecular formula is C14H17FN2O2S. The number of nitrogens with zero attached hydrogens (tertiary/aromatic N) is 1. The molecule has 2 atom stereocenters. The molecule has 20 heavy (non-hydrogen) atoms. The predicted molar refractivity (Wildman–Crippen MR) is 75.6 cm³/mol. The largest absolute Gasteiger partial charge is 0.381 e. The number of nitriles is 1. The molecule has 0 saturated heterocycles. The van der Waals surface area contributed by atoms with Gasteiger partial charge >= 0.3 is 0 Å². The van der Waals surface area contributed by atoms with Gasteiger partial charge in [0.05, 0.1) is 10.9 Å². The van der Waals surface area contributed by atoms with Crippen molar-refractivity contribution in [2.45, 2.75) is 37.0 Å². The summed E-state index contributed by atoms with van der Waals surface area (Å²) in [7, 11) is -3.05. The lowest BCUT2D eigenvalue weighted by Crippen LogP contribution is -2.34. The van der Waals surface area contributed by atoms with Crippen LogP contribution in [-0.4, -0.2) is 26.0 Å². The second-order valence-electron chi connectivity index (χ2n) is 5.23. The van der Waals surface area contributed by atoms with Crippen molar-refractivity contribution in [3.8, 4) is 6.07 Å². The fourth-order valence-electron chi connectivity index (χ4n) is 2.64. The molecule has 0 aliphatic heterocycles. The Kier molecular flexibility index (Phi) is 4.29. The van der Waals surface area contributed by atoms with Gasteiger partial charge in [-0.25, -0.2) is 12.8 Å². The van der Waals surface area contributed by atoms with Crippen molar-refractivity contribution in [3.05, 3.63) is 29.6 Å². The van der Waals surface area contributed by atoms with E-state index in [9.17, 15) is 12.8 Å². The van der Waals surface area contributed by atoms with Gasteiger partial charge in [-0.3, -0.25) is 0 Å². The van der Waals surface area contributed by atoms with Gasteiger partial charge in [-0.05, 0) is 31.4 Å². The SMILES string of the molecule is CS(=O)(=O)C1CCCC(Nc2cccc(F)c2C#N)C1. The van der Waals surface area contributed by atoms with Crippen LogP contribution in [0.3, 0.4) is 0 Å². The summed E-state index contributed by atoms with van der Waals surface area (Å²) < 4.78 is 36.8. The zero-order valence-electron chi connectivity index (χ0n) is 11.3. The van der Waals surface area contributed by atoms with Crippen LogP contribution in [0.25, 0.3) is 0 Å². The Bertz CT molecular complexity index is 637. The molecule has 2 rings (SSSR count). The van der Waals surface area contributed by atoms with E-state index in [1.165, 1.54) is 18.4 Å². The molecule has 108 valence electrons. The lowest BCUT2D eigenvalue weighted by molar-refractivity contribution is 0.452. The first-order valence-electron chi connectivity index (χ1n) is 6.56. The van der Waals surface area contributed by atoms with Crippen LogP contribution in [0.4, 0.5) is 10.1 Å². The van der Waals surface area contributed by atoms with Crippen LogP contribution in [0, 0.1) is 17.1 Å². The summed E-state index contributed by atoms with van der Waals surface area (Å²) in [6.45, 7) is 0. The van der Waals surface area contributed by atoms with Gasteiger partial charge in [-0.2, -0.15) is 5.26 Å². The van der Waals surface area contributed by atoms with Crippen LogP contribution >= 0.6 is 0 Å². The minimum Gasteiger partial charge on any atom is -0.381 e. The van der Waals surface area contributed by atoms with Gasteiger partial charge < -0.3 is 5.32 Å². The summed E-state index contributed by atoms with van der Waals surface area (Å²) in [5, 5.41) is 11.7. The average molecular weight is 296 g/mol. The molecule has 1 fully saturated rings. The van der Waals surface area contributed by atoms with Gasteiger partial charge in [-0.15, -0.1) is 0 Å². The number of nitrogens with one attached hydrogen (secondary N) is 1. The number of rotatable bonds is 3. The van der Waals surface area contributed by atoms with Gasteiger partial charge in [0.15, 0.2) is 0 Å². The Morgan fingerprint density at radius 3 is 2.80 bits per heavy atom. The molecule has 0 bridgehead atoms. The highest BCUT2D eigenvalue weighted by Crippen LogP contribution is 2.28. The van der Waals surface area contributed by atoms with E-state index in [-0.39, 0.29) is 16.9 Å². The summed E-state index contributed by atoms with van der Waals surface area (Å²) in [6.07, 6.45) is 4.06. The van der Waals surface area contributed by atoms with Crippen LogP contribution in [0.1, 0.15) is 31.2 Å². The maximum atomic E-state index is 13.5. The standard InChI is InChI=1S/C14H17FN2O2S/c1-20(18,19)11-5-2-4-10(8-11)17-14-7-3-6-13(15)12(14)9-16/h3,6-7,10-11,17H,2,4-5,8H2,1H3. The number of halogens is 1. The van der Waals surface area contributed by atoms with Gasteiger partial charge in [0.25, 0.3) is 0 Å². The number of hydrogen-bond acceptors (Lipinski definition) is 4. The van der Waals surface area contributed by atoms with Crippen LogP contribution in [0.5, 0.6) is 0 Å². The van der Waals surface area contributed by atoms with Crippen LogP contribution in [0.15, 0.2) is 18.2 Å². The first kappa shape index (κ1) is 14.8. The molecule has 2 unspecified atom stereocenters. The van der Waals surface area contributed by atoms with Crippen LogP contribution in [0.2, 0.25) is 0 Å². The third-order valence-electron chi connectivity index (χ3n) is 3.72. The summed E-state index contributed by atoms with van der Waals surface area (Å²) >= 11 is 0. The second kappa shape index (κ2) is 5.80. The van der Waals surface area contributed by atoms with E-state index in [0.717, 1.165) is 12.8 Å². The maximum Gasteiger partial charge on any atom is 0.150 e. The molecule has 6 heteroatoms. The van der Waals surface area contributed by atoms with E-state index in [1.54, 1.807) is 6.07 Å². The minimum absolute atomic E-state index is 0.0195. The molecule has 0 aromatic heterocycles. The van der Waals surface area contributed by atoms with Crippen molar-refractivity contribution in [3.63, 3.8) is 0 Å². The molecule has 1 aliphatic rings. The molecule has 0 amide bonds. The first-order valence-corrected chi connectivity index (χ1v) is 8.51. The van der Waals surface area contributed by atoms with Gasteiger partial charge in [0.2, 0.25) is 0 Å². The lowest BCUT2D eigenvalue weighted by Gasteiger charge is -2.29. The van der Waals surface area contributed by atoms with Crippen molar-refractivity contribution < 1.29 is 12.8 Å². The van der Waals surface area contributed by atoms with Gasteiger partial charge in [0.1, 0.15) is 27.3 Å². The third-order valence-corrected chi connectivity index (χ3v) is 5.36. The highest BCUT2D eigenvalue weighted by Gasteiger charge is 2.29. The van der Waals surface area contributed by atoms with Crippen molar-refractivity contribution in [1.29, 1.82) is 5.26 Å². The predicted octanol–water partition coefficient (Wildman–Crippen LogP) is 2.47. The summed E-state index contributed by atoms with van der Waals surface area (Å²) in [4.78, 5) is 0. The molecule has 1 saturated carbocycles. The molecular weight excluding hydrogens is 279 g/mol. The zero-order valence-corrected chi connectivity index (χ0v) is 12.1. The van der Waals surface area contributed by atoms with Gasteiger partial charge in [0, 0.05) is 12.3 Å². The summed E-state index contributed by atoms with van der Waals surface area (Å²) in [5.74, 6) is -0.562. The fourth-order valence-corrected chi connectivity index (χ4v) is 3.82. The number of hydrogen-bond donors (Lipinski definition) is 1. The molecule has 1 aliphatic carbocycles. The lowest BCUT2D eigenvalue weighted by atomic mass is 9.94. The van der Waals surface area contributed by atoms with E-state index in [0.29, 0.717) is 18.5 Å². The Morgan fingerprint density at radius 2 is 2.15 bits per heavy atom. The topological polar surface area (TPSA) is 70.0 Å². The smallest absolute Gasteiger partial charge is 0.150 e. The molecule has 1 aromatic carbocycles. The highest BCUT2D eigenvalue weighted by atomic mass is 32.2. The molecule has 0 spiro atoms. The Balaban J connectivity index is 2.15. The van der Waals surface area contributed by atoms with E-state index in [4.69, 9.17) is 5.26 Å². The zero-order chi connectivity index (χ0) is 14.8. The Hall–Kier alpha value is -1.61. The van der Waals surface area contributed by atoms with Crippen molar-refractivity contribution in [2.75, 3.05) is 11.6 Å². The molecule has 0 heterocycles. The molecule has 1 N–H and O–H groups in total. The molecule has 1 aromatic rings.